The number of amides is 1. The monoisotopic (exact) mass is 561 g/mol. The summed E-state index contributed by atoms with van der Waals surface area (Å²) in [5.74, 6) is 1.45. The number of hydrogen-bond donors (Lipinski definition) is 2. The molecule has 3 heterocycles. The van der Waals surface area contributed by atoms with Crippen molar-refractivity contribution in [1.29, 1.82) is 0 Å². The summed E-state index contributed by atoms with van der Waals surface area (Å²) in [6, 6.07) is 18.7. The number of aromatic nitrogens is 4. The molecule has 5 aromatic rings. The van der Waals surface area contributed by atoms with E-state index in [1.54, 1.807) is 47.9 Å². The molecule has 12 heteroatoms. The van der Waals surface area contributed by atoms with Gasteiger partial charge in [0.25, 0.3) is 0 Å². The van der Waals surface area contributed by atoms with Crippen LogP contribution < -0.4 is 15.5 Å². The predicted molar refractivity (Wildman–Crippen MR) is 156 cm³/mol. The Balaban J connectivity index is 1.31. The van der Waals surface area contributed by atoms with Crippen LogP contribution in [-0.2, 0) is 33.9 Å². The highest BCUT2D eigenvalue weighted by Crippen LogP contribution is 2.28. The van der Waals surface area contributed by atoms with E-state index in [1.807, 2.05) is 59.3 Å². The van der Waals surface area contributed by atoms with Gasteiger partial charge in [-0.15, -0.1) is 11.3 Å². The summed E-state index contributed by atoms with van der Waals surface area (Å²) in [4.78, 5) is 29.0. The highest BCUT2D eigenvalue weighted by atomic mass is 32.2. The molecule has 0 aliphatic carbocycles. The van der Waals surface area contributed by atoms with E-state index in [2.05, 4.69) is 25.6 Å². The van der Waals surface area contributed by atoms with Crippen LogP contribution in [0, 0.1) is 0 Å². The number of thiophene rings is 1. The summed E-state index contributed by atoms with van der Waals surface area (Å²) >= 11 is 1.55. The van der Waals surface area contributed by atoms with Crippen LogP contribution in [0.5, 0.6) is 0 Å². The van der Waals surface area contributed by atoms with E-state index in [-0.39, 0.29) is 11.7 Å². The van der Waals surface area contributed by atoms with Crippen LogP contribution in [0.3, 0.4) is 0 Å². The Morgan fingerprint density at radius 3 is 2.59 bits per heavy atom. The third-order valence-corrected chi connectivity index (χ3v) is 7.78. The third kappa shape index (κ3) is 6.41. The Labute approximate surface area is 230 Å². The van der Waals surface area contributed by atoms with Gasteiger partial charge in [-0.25, -0.2) is 18.4 Å². The van der Waals surface area contributed by atoms with Crippen molar-refractivity contribution < 1.29 is 13.2 Å². The number of nitrogens with one attached hydrogen (secondary N) is 2. The maximum atomic E-state index is 12.5. The van der Waals surface area contributed by atoms with Gasteiger partial charge in [-0.1, -0.05) is 18.2 Å². The molecule has 10 nitrogen and oxygen atoms in total. The van der Waals surface area contributed by atoms with Crippen LogP contribution in [-0.4, -0.2) is 47.1 Å². The molecule has 0 saturated heterocycles. The van der Waals surface area contributed by atoms with Gasteiger partial charge in [-0.2, -0.15) is 4.98 Å². The molecule has 0 atom stereocenters. The quantitative estimate of drug-likeness (QED) is 0.266. The van der Waals surface area contributed by atoms with Crippen molar-refractivity contribution in [3.63, 3.8) is 0 Å². The fraction of sp³-hybridized carbons (Fsp3) is 0.185. The number of carbonyl (C=O) groups excluding carboxylic acids is 1. The number of nitrogens with zero attached hydrogens (tertiary/aromatic N) is 5. The second-order valence-corrected chi connectivity index (χ2v) is 12.3. The van der Waals surface area contributed by atoms with Crippen molar-refractivity contribution in [3.8, 4) is 0 Å². The summed E-state index contributed by atoms with van der Waals surface area (Å²) < 4.78 is 24.9. The summed E-state index contributed by atoms with van der Waals surface area (Å²) in [7, 11) is 0.678. The van der Waals surface area contributed by atoms with E-state index in [4.69, 9.17) is 0 Å². The highest BCUT2D eigenvalue weighted by Gasteiger charge is 2.14. The van der Waals surface area contributed by atoms with Crippen molar-refractivity contribution in [2.45, 2.75) is 12.2 Å². The Bertz CT molecular complexity index is 1730. The van der Waals surface area contributed by atoms with E-state index < -0.39 is 9.84 Å². The molecule has 0 radical (unpaired) electrons. The summed E-state index contributed by atoms with van der Waals surface area (Å²) in [6.45, 7) is 0. The van der Waals surface area contributed by atoms with Gasteiger partial charge in [0.05, 0.1) is 23.2 Å². The van der Waals surface area contributed by atoms with Crippen molar-refractivity contribution in [2.75, 3.05) is 28.8 Å². The largest absolute Gasteiger partial charge is 0.329 e. The molecule has 3 aromatic heterocycles. The van der Waals surface area contributed by atoms with Crippen molar-refractivity contribution in [1.82, 2.24) is 19.5 Å². The molecular weight excluding hydrogens is 534 g/mol. The maximum absolute atomic E-state index is 12.5. The molecular formula is C27H27N7O3S2. The van der Waals surface area contributed by atoms with E-state index >= 15 is 0 Å². The molecule has 39 heavy (non-hydrogen) atoms. The van der Waals surface area contributed by atoms with Gasteiger partial charge in [0.15, 0.2) is 9.84 Å². The minimum atomic E-state index is -3.10. The number of imidazole rings is 1. The van der Waals surface area contributed by atoms with Gasteiger partial charge in [0.2, 0.25) is 17.8 Å². The maximum Gasteiger partial charge on any atom is 0.231 e. The number of carbonyl (C=O) groups is 1. The van der Waals surface area contributed by atoms with Crippen LogP contribution >= 0.6 is 11.3 Å². The lowest BCUT2D eigenvalue weighted by atomic mass is 10.2. The SMILES string of the molecule is CN(c1ccc2c(c1)nc(NC(=O)Cc1cccs1)n2C)c1ccnc(Nc2ccc(CS(C)(=O)=O)cc2)n1. The fourth-order valence-corrected chi connectivity index (χ4v) is 5.59. The number of rotatable bonds is 9. The normalized spacial score (nSPS) is 11.5. The molecule has 0 bridgehead atoms. The standard InChI is InChI=1S/C27H27N7O3S2/c1-33(24-12-13-28-26(31-24)29-19-8-6-18(7-9-19)17-39(3,36)37)20-10-11-23-22(15-20)30-27(34(23)2)32-25(35)16-21-5-4-14-38-21/h4-15H,16-17H2,1-3H3,(H,28,29,31)(H,30,32,35). The minimum Gasteiger partial charge on any atom is -0.329 e. The molecule has 5 rings (SSSR count). The first-order valence-corrected chi connectivity index (χ1v) is 15.0. The Kier molecular flexibility index (Phi) is 7.31. The number of sulfone groups is 1. The van der Waals surface area contributed by atoms with E-state index in [0.29, 0.717) is 29.7 Å². The predicted octanol–water partition coefficient (Wildman–Crippen LogP) is 4.66. The van der Waals surface area contributed by atoms with Crippen LogP contribution in [0.25, 0.3) is 11.0 Å². The lowest BCUT2D eigenvalue weighted by Crippen LogP contribution is -2.16. The molecule has 0 aliphatic rings. The fourth-order valence-electron chi connectivity index (χ4n) is 4.09. The number of fused-ring (bicyclic) bond motifs is 1. The molecule has 0 spiro atoms. The number of anilines is 5. The van der Waals surface area contributed by atoms with Crippen LogP contribution in [0.15, 0.2) is 72.2 Å². The second kappa shape index (κ2) is 10.8. The average Bonchev–Trinajstić information content (AvgIpc) is 3.51. The smallest absolute Gasteiger partial charge is 0.231 e. The Morgan fingerprint density at radius 1 is 1.08 bits per heavy atom. The Morgan fingerprint density at radius 2 is 1.87 bits per heavy atom. The lowest BCUT2D eigenvalue weighted by molar-refractivity contribution is -0.115. The Hall–Kier alpha value is -4.29. The minimum absolute atomic E-state index is 0.00626. The van der Waals surface area contributed by atoms with Gasteiger partial charge in [0, 0.05) is 42.8 Å². The highest BCUT2D eigenvalue weighted by molar-refractivity contribution is 7.89. The first-order valence-electron chi connectivity index (χ1n) is 12.0. The first-order chi connectivity index (χ1) is 18.6. The summed E-state index contributed by atoms with van der Waals surface area (Å²) in [5, 5.41) is 8.02. The molecule has 0 unspecified atom stereocenters. The van der Waals surface area contributed by atoms with Crippen molar-refractivity contribution >= 4 is 67.2 Å². The van der Waals surface area contributed by atoms with E-state index in [0.717, 1.165) is 27.3 Å². The number of benzene rings is 2. The van der Waals surface area contributed by atoms with Gasteiger partial charge in [-0.05, 0) is 53.4 Å². The first kappa shape index (κ1) is 26.3. The summed E-state index contributed by atoms with van der Waals surface area (Å²) in [5.41, 5.74) is 3.97. The van der Waals surface area contributed by atoms with Crippen LogP contribution in [0.2, 0.25) is 0 Å². The van der Waals surface area contributed by atoms with Gasteiger partial charge >= 0.3 is 0 Å². The lowest BCUT2D eigenvalue weighted by Gasteiger charge is -2.19. The zero-order chi connectivity index (χ0) is 27.6. The topological polar surface area (TPSA) is 122 Å². The molecule has 2 aromatic carbocycles. The molecule has 1 amide bonds. The average molecular weight is 562 g/mol. The third-order valence-electron chi connectivity index (χ3n) is 6.04. The molecule has 0 saturated carbocycles. The molecule has 0 fully saturated rings. The van der Waals surface area contributed by atoms with Gasteiger partial charge < -0.3 is 14.8 Å². The van der Waals surface area contributed by atoms with Crippen LogP contribution in [0.1, 0.15) is 10.4 Å². The summed E-state index contributed by atoms with van der Waals surface area (Å²) in [6.07, 6.45) is 3.19. The van der Waals surface area contributed by atoms with Crippen LogP contribution in [0.4, 0.5) is 29.1 Å². The van der Waals surface area contributed by atoms with E-state index in [9.17, 15) is 13.2 Å². The number of aryl methyl sites for hydroxylation is 1. The molecule has 0 aliphatic heterocycles. The van der Waals surface area contributed by atoms with Crippen molar-refractivity contribution in [3.05, 3.63) is 82.7 Å². The zero-order valence-electron chi connectivity index (χ0n) is 21.6. The van der Waals surface area contributed by atoms with Gasteiger partial charge in [-0.3, -0.25) is 10.1 Å². The zero-order valence-corrected chi connectivity index (χ0v) is 23.3. The van der Waals surface area contributed by atoms with E-state index in [1.165, 1.54) is 6.26 Å². The van der Waals surface area contributed by atoms with Crippen molar-refractivity contribution in [2.24, 2.45) is 7.05 Å². The number of hydrogen-bond acceptors (Lipinski definition) is 9. The molecule has 2 N–H and O–H groups in total. The van der Waals surface area contributed by atoms with Gasteiger partial charge in [0.1, 0.15) is 5.82 Å². The molecule has 200 valence electrons. The second-order valence-electron chi connectivity index (χ2n) is 9.16.